The molecule has 1 heterocycles. The van der Waals surface area contributed by atoms with E-state index >= 15 is 0 Å². The molecule has 0 aromatic rings. The molecule has 0 amide bonds. The van der Waals surface area contributed by atoms with E-state index in [0.717, 1.165) is 12.8 Å². The zero-order chi connectivity index (χ0) is 7.41. The Balaban J connectivity index is 2.29. The van der Waals surface area contributed by atoms with Gasteiger partial charge >= 0.3 is 5.97 Å². The van der Waals surface area contributed by atoms with Crippen LogP contribution >= 0.6 is 0 Å². The standard InChI is InChI=1S/C7H11NO2/c1-6(8)4-5(9)10-7(6)2-3-7/h2-4,8H2,1H3. The highest BCUT2D eigenvalue weighted by atomic mass is 16.6. The van der Waals surface area contributed by atoms with E-state index in [2.05, 4.69) is 0 Å². The molecule has 10 heavy (non-hydrogen) atoms. The monoisotopic (exact) mass is 141 g/mol. The van der Waals surface area contributed by atoms with Crippen LogP contribution in [0.4, 0.5) is 0 Å². The average molecular weight is 141 g/mol. The second-order valence-electron chi connectivity index (χ2n) is 3.56. The van der Waals surface area contributed by atoms with Gasteiger partial charge in [0.15, 0.2) is 0 Å². The molecule has 1 saturated carbocycles. The van der Waals surface area contributed by atoms with Crippen molar-refractivity contribution in [3.05, 3.63) is 0 Å². The summed E-state index contributed by atoms with van der Waals surface area (Å²) in [6.45, 7) is 1.89. The summed E-state index contributed by atoms with van der Waals surface area (Å²) in [6, 6.07) is 0. The highest BCUT2D eigenvalue weighted by Crippen LogP contribution is 2.52. The Morgan fingerprint density at radius 1 is 1.60 bits per heavy atom. The predicted octanol–water partition coefficient (Wildman–Crippen LogP) is 0.183. The molecule has 2 rings (SSSR count). The minimum Gasteiger partial charge on any atom is -0.457 e. The first kappa shape index (κ1) is 6.16. The van der Waals surface area contributed by atoms with Crippen LogP contribution in [-0.4, -0.2) is 17.1 Å². The maximum absolute atomic E-state index is 10.8. The van der Waals surface area contributed by atoms with Crippen molar-refractivity contribution in [1.29, 1.82) is 0 Å². The topological polar surface area (TPSA) is 52.3 Å². The summed E-state index contributed by atoms with van der Waals surface area (Å²) >= 11 is 0. The van der Waals surface area contributed by atoms with Crippen LogP contribution < -0.4 is 5.73 Å². The molecule has 1 atom stereocenters. The van der Waals surface area contributed by atoms with Crippen molar-refractivity contribution in [2.75, 3.05) is 0 Å². The van der Waals surface area contributed by atoms with E-state index < -0.39 is 5.54 Å². The first-order valence-electron chi connectivity index (χ1n) is 3.57. The molecule has 1 aliphatic carbocycles. The van der Waals surface area contributed by atoms with E-state index in [1.807, 2.05) is 6.92 Å². The van der Waals surface area contributed by atoms with E-state index in [0.29, 0.717) is 6.42 Å². The van der Waals surface area contributed by atoms with Crippen LogP contribution in [-0.2, 0) is 9.53 Å². The van der Waals surface area contributed by atoms with Gasteiger partial charge in [0, 0.05) is 0 Å². The van der Waals surface area contributed by atoms with Gasteiger partial charge in [0.25, 0.3) is 0 Å². The lowest BCUT2D eigenvalue weighted by atomic mass is 9.93. The first-order valence-corrected chi connectivity index (χ1v) is 3.57. The first-order chi connectivity index (χ1) is 4.56. The molecule has 0 aromatic carbocycles. The molecule has 1 unspecified atom stereocenters. The van der Waals surface area contributed by atoms with Crippen LogP contribution in [0.1, 0.15) is 26.2 Å². The van der Waals surface area contributed by atoms with Gasteiger partial charge in [0.05, 0.1) is 12.0 Å². The van der Waals surface area contributed by atoms with Gasteiger partial charge in [-0.1, -0.05) is 0 Å². The SMILES string of the molecule is CC1(N)CC(=O)OC12CC2. The number of ether oxygens (including phenoxy) is 1. The third kappa shape index (κ3) is 0.560. The fourth-order valence-electron chi connectivity index (χ4n) is 1.62. The minimum absolute atomic E-state index is 0.137. The van der Waals surface area contributed by atoms with E-state index in [1.165, 1.54) is 0 Å². The van der Waals surface area contributed by atoms with Crippen molar-refractivity contribution in [3.8, 4) is 0 Å². The second kappa shape index (κ2) is 1.37. The van der Waals surface area contributed by atoms with Crippen LogP contribution in [0, 0.1) is 0 Å². The van der Waals surface area contributed by atoms with Crippen molar-refractivity contribution in [1.82, 2.24) is 0 Å². The maximum Gasteiger partial charge on any atom is 0.308 e. The number of hydrogen-bond acceptors (Lipinski definition) is 3. The molecule has 2 fully saturated rings. The molecular formula is C7H11NO2. The van der Waals surface area contributed by atoms with Crippen molar-refractivity contribution >= 4 is 5.97 Å². The number of carbonyl (C=O) groups excluding carboxylic acids is 1. The second-order valence-corrected chi connectivity index (χ2v) is 3.56. The highest BCUT2D eigenvalue weighted by Gasteiger charge is 2.63. The lowest BCUT2D eigenvalue weighted by molar-refractivity contribution is -0.143. The number of carbonyl (C=O) groups is 1. The summed E-state index contributed by atoms with van der Waals surface area (Å²) in [5, 5.41) is 0. The Morgan fingerprint density at radius 2 is 2.20 bits per heavy atom. The van der Waals surface area contributed by atoms with Crippen molar-refractivity contribution in [2.24, 2.45) is 5.73 Å². The van der Waals surface area contributed by atoms with E-state index in [4.69, 9.17) is 10.5 Å². The molecule has 2 N–H and O–H groups in total. The number of rotatable bonds is 0. The van der Waals surface area contributed by atoms with E-state index in [9.17, 15) is 4.79 Å². The van der Waals surface area contributed by atoms with Gasteiger partial charge < -0.3 is 10.5 Å². The molecule has 1 saturated heterocycles. The summed E-state index contributed by atoms with van der Waals surface area (Å²) in [5.74, 6) is -0.137. The normalized spacial score (nSPS) is 42.0. The number of esters is 1. The molecule has 56 valence electrons. The van der Waals surface area contributed by atoms with Gasteiger partial charge in [0.2, 0.25) is 0 Å². The highest BCUT2D eigenvalue weighted by molar-refractivity contribution is 5.75. The van der Waals surface area contributed by atoms with Crippen molar-refractivity contribution < 1.29 is 9.53 Å². The summed E-state index contributed by atoms with van der Waals surface area (Å²) in [4.78, 5) is 10.8. The fourth-order valence-corrected chi connectivity index (χ4v) is 1.62. The minimum atomic E-state index is -0.399. The third-order valence-electron chi connectivity index (χ3n) is 2.57. The zero-order valence-electron chi connectivity index (χ0n) is 6.02. The third-order valence-corrected chi connectivity index (χ3v) is 2.57. The molecule has 1 spiro atoms. The lowest BCUT2D eigenvalue weighted by Crippen LogP contribution is -2.46. The van der Waals surface area contributed by atoms with E-state index in [-0.39, 0.29) is 11.6 Å². The van der Waals surface area contributed by atoms with Crippen LogP contribution in [0.2, 0.25) is 0 Å². The zero-order valence-corrected chi connectivity index (χ0v) is 6.02. The fraction of sp³-hybridized carbons (Fsp3) is 0.857. The van der Waals surface area contributed by atoms with Crippen LogP contribution in [0.5, 0.6) is 0 Å². The van der Waals surface area contributed by atoms with Gasteiger partial charge in [-0.05, 0) is 19.8 Å². The molecule has 2 aliphatic rings. The Labute approximate surface area is 59.5 Å². The largest absolute Gasteiger partial charge is 0.457 e. The Morgan fingerprint density at radius 3 is 2.40 bits per heavy atom. The summed E-state index contributed by atoms with van der Waals surface area (Å²) in [5.41, 5.74) is 5.20. The quantitative estimate of drug-likeness (QED) is 0.490. The van der Waals surface area contributed by atoms with Crippen LogP contribution in [0.3, 0.4) is 0 Å². The average Bonchev–Trinajstić information content (AvgIpc) is 2.40. The van der Waals surface area contributed by atoms with Crippen LogP contribution in [0.25, 0.3) is 0 Å². The Kier molecular flexibility index (Phi) is 0.844. The Bertz CT molecular complexity index is 186. The van der Waals surface area contributed by atoms with Crippen molar-refractivity contribution in [3.63, 3.8) is 0 Å². The molecule has 0 aromatic heterocycles. The summed E-state index contributed by atoms with van der Waals surface area (Å²) < 4.78 is 5.11. The van der Waals surface area contributed by atoms with E-state index in [1.54, 1.807) is 0 Å². The molecule has 0 bridgehead atoms. The van der Waals surface area contributed by atoms with Crippen molar-refractivity contribution in [2.45, 2.75) is 37.3 Å². The predicted molar refractivity (Wildman–Crippen MR) is 35.3 cm³/mol. The summed E-state index contributed by atoms with van der Waals surface area (Å²) in [7, 11) is 0. The van der Waals surface area contributed by atoms with Crippen LogP contribution in [0.15, 0.2) is 0 Å². The number of hydrogen-bond donors (Lipinski definition) is 1. The summed E-state index contributed by atoms with van der Waals surface area (Å²) in [6.07, 6.45) is 2.28. The molecular weight excluding hydrogens is 130 g/mol. The van der Waals surface area contributed by atoms with Gasteiger partial charge in [-0.2, -0.15) is 0 Å². The smallest absolute Gasteiger partial charge is 0.308 e. The molecule has 3 nitrogen and oxygen atoms in total. The van der Waals surface area contributed by atoms with Gasteiger partial charge in [0.1, 0.15) is 5.60 Å². The van der Waals surface area contributed by atoms with Gasteiger partial charge in [-0.15, -0.1) is 0 Å². The molecule has 1 aliphatic heterocycles. The van der Waals surface area contributed by atoms with Gasteiger partial charge in [-0.25, -0.2) is 0 Å². The number of nitrogens with two attached hydrogens (primary N) is 1. The molecule has 3 heteroatoms. The molecule has 0 radical (unpaired) electrons. The maximum atomic E-state index is 10.8. The Hall–Kier alpha value is -0.570. The van der Waals surface area contributed by atoms with Gasteiger partial charge in [-0.3, -0.25) is 4.79 Å². The lowest BCUT2D eigenvalue weighted by Gasteiger charge is -2.22.